The third-order valence-electron chi connectivity index (χ3n) is 5.20. The van der Waals surface area contributed by atoms with E-state index in [9.17, 15) is 14.0 Å². The van der Waals surface area contributed by atoms with Gasteiger partial charge in [-0.25, -0.2) is 19.3 Å². The summed E-state index contributed by atoms with van der Waals surface area (Å²) >= 11 is 0. The molecule has 29 heavy (non-hydrogen) atoms. The molecule has 0 spiro atoms. The van der Waals surface area contributed by atoms with E-state index in [2.05, 4.69) is 21.0 Å². The van der Waals surface area contributed by atoms with E-state index in [0.717, 1.165) is 16.3 Å². The normalized spacial score (nSPS) is 14.9. The van der Waals surface area contributed by atoms with Crippen molar-refractivity contribution in [2.45, 2.75) is 25.3 Å². The van der Waals surface area contributed by atoms with E-state index >= 15 is 0 Å². The maximum atomic E-state index is 13.6. The summed E-state index contributed by atoms with van der Waals surface area (Å²) in [5, 5.41) is 8.73. The zero-order valence-electron chi connectivity index (χ0n) is 15.7. The van der Waals surface area contributed by atoms with Crippen molar-refractivity contribution >= 4 is 17.1 Å². The molecule has 9 nitrogen and oxygen atoms in total. The molecule has 1 aliphatic rings. The van der Waals surface area contributed by atoms with Crippen LogP contribution in [0.1, 0.15) is 24.4 Å². The van der Waals surface area contributed by atoms with Crippen LogP contribution in [0, 0.1) is 17.1 Å². The molecule has 3 aromatic rings. The molecule has 1 aliphatic heterocycles. The summed E-state index contributed by atoms with van der Waals surface area (Å²) in [6.45, 7) is 1.18. The number of aryl methyl sites for hydroxylation is 1. The highest BCUT2D eigenvalue weighted by Gasteiger charge is 2.26. The lowest BCUT2D eigenvalue weighted by molar-refractivity contribution is 0.389. The lowest BCUT2D eigenvalue weighted by atomic mass is 10.0. The van der Waals surface area contributed by atoms with E-state index in [0.29, 0.717) is 37.5 Å². The third-order valence-corrected chi connectivity index (χ3v) is 5.20. The van der Waals surface area contributed by atoms with Crippen molar-refractivity contribution in [1.29, 1.82) is 5.26 Å². The largest absolute Gasteiger partial charge is 0.341 e. The Morgan fingerprint density at radius 1 is 1.14 bits per heavy atom. The molecule has 4 heterocycles. The Hall–Kier alpha value is -3.61. The Bertz CT molecular complexity index is 1220. The van der Waals surface area contributed by atoms with Crippen LogP contribution < -0.4 is 16.0 Å². The molecule has 0 bridgehead atoms. The molecule has 0 aromatic carbocycles. The third kappa shape index (κ3) is 3.35. The summed E-state index contributed by atoms with van der Waals surface area (Å²) < 4.78 is 16.2. The Morgan fingerprint density at radius 3 is 2.48 bits per heavy atom. The Labute approximate surface area is 164 Å². The number of hydrogen-bond donors (Lipinski definition) is 0. The number of piperidine rings is 1. The number of halogens is 1. The minimum absolute atomic E-state index is 0.231. The fourth-order valence-corrected chi connectivity index (χ4v) is 3.66. The highest BCUT2D eigenvalue weighted by Crippen LogP contribution is 2.25. The molecule has 0 unspecified atom stereocenters. The van der Waals surface area contributed by atoms with Crippen LogP contribution in [0.3, 0.4) is 0 Å². The first-order valence-corrected chi connectivity index (χ1v) is 9.19. The molecule has 3 aromatic heterocycles. The van der Waals surface area contributed by atoms with Crippen molar-refractivity contribution in [1.82, 2.24) is 24.1 Å². The maximum absolute atomic E-state index is 13.6. The molecule has 10 heteroatoms. The Balaban J connectivity index is 1.62. The van der Waals surface area contributed by atoms with E-state index < -0.39 is 16.9 Å². The van der Waals surface area contributed by atoms with Crippen molar-refractivity contribution < 1.29 is 4.39 Å². The standard InChI is InChI=1S/C19H18FN7O2/c1-25-15-8-13(20)11-22-16(15)27(18(29)17(25)28)14-3-6-26(7-4-14)19-23-9-12(2-5-21)10-24-19/h8-11,14H,2-4,6-7H2,1H3. The number of aromatic nitrogens is 5. The number of anilines is 1. The number of rotatable bonds is 3. The highest BCUT2D eigenvalue weighted by atomic mass is 19.1. The predicted octanol–water partition coefficient (Wildman–Crippen LogP) is 0.932. The van der Waals surface area contributed by atoms with Crippen LogP contribution in [-0.2, 0) is 13.5 Å². The van der Waals surface area contributed by atoms with Crippen LogP contribution in [0.25, 0.3) is 11.2 Å². The minimum Gasteiger partial charge on any atom is -0.341 e. The van der Waals surface area contributed by atoms with Gasteiger partial charge >= 0.3 is 11.1 Å². The van der Waals surface area contributed by atoms with Gasteiger partial charge < -0.3 is 9.47 Å². The van der Waals surface area contributed by atoms with E-state index in [4.69, 9.17) is 5.26 Å². The molecule has 4 rings (SSSR count). The van der Waals surface area contributed by atoms with Gasteiger partial charge in [-0.2, -0.15) is 5.26 Å². The van der Waals surface area contributed by atoms with Gasteiger partial charge in [-0.15, -0.1) is 0 Å². The summed E-state index contributed by atoms with van der Waals surface area (Å²) in [6.07, 6.45) is 5.75. The SMILES string of the molecule is Cn1c(=O)c(=O)n(C2CCN(c3ncc(CC#N)cn3)CC2)c2ncc(F)cc21. The molecule has 0 atom stereocenters. The van der Waals surface area contributed by atoms with Crippen LogP contribution in [-0.4, -0.2) is 37.2 Å². The van der Waals surface area contributed by atoms with Gasteiger partial charge in [-0.1, -0.05) is 0 Å². The van der Waals surface area contributed by atoms with Crippen LogP contribution in [0.2, 0.25) is 0 Å². The lowest BCUT2D eigenvalue weighted by Crippen LogP contribution is -2.45. The highest BCUT2D eigenvalue weighted by molar-refractivity contribution is 5.70. The predicted molar refractivity (Wildman–Crippen MR) is 103 cm³/mol. The molecule has 0 N–H and O–H groups in total. The first-order valence-electron chi connectivity index (χ1n) is 9.19. The fraction of sp³-hybridized carbons (Fsp3) is 0.368. The lowest BCUT2D eigenvalue weighted by Gasteiger charge is -2.33. The van der Waals surface area contributed by atoms with Crippen molar-refractivity contribution in [3.8, 4) is 6.07 Å². The van der Waals surface area contributed by atoms with Gasteiger partial charge in [0.25, 0.3) is 0 Å². The molecule has 0 amide bonds. The number of fused-ring (bicyclic) bond motifs is 1. The molecular weight excluding hydrogens is 377 g/mol. The van der Waals surface area contributed by atoms with Crippen LogP contribution in [0.4, 0.5) is 10.3 Å². The van der Waals surface area contributed by atoms with E-state index in [1.807, 2.05) is 4.90 Å². The molecule has 148 valence electrons. The zero-order chi connectivity index (χ0) is 20.5. The summed E-state index contributed by atoms with van der Waals surface area (Å²) in [6, 6.07) is 3.04. The number of hydrogen-bond acceptors (Lipinski definition) is 7. The van der Waals surface area contributed by atoms with Crippen LogP contribution in [0.5, 0.6) is 0 Å². The van der Waals surface area contributed by atoms with Gasteiger partial charge in [0, 0.05) is 50.2 Å². The van der Waals surface area contributed by atoms with Crippen molar-refractivity contribution in [3.05, 3.63) is 56.7 Å². The van der Waals surface area contributed by atoms with Gasteiger partial charge in [0.1, 0.15) is 5.82 Å². The maximum Gasteiger partial charge on any atom is 0.318 e. The first kappa shape index (κ1) is 18.7. The fourth-order valence-electron chi connectivity index (χ4n) is 3.66. The quantitative estimate of drug-likeness (QED) is 0.607. The van der Waals surface area contributed by atoms with Crippen molar-refractivity contribution in [2.75, 3.05) is 18.0 Å². The van der Waals surface area contributed by atoms with Crippen molar-refractivity contribution in [2.24, 2.45) is 7.05 Å². The van der Waals surface area contributed by atoms with E-state index in [1.54, 1.807) is 12.4 Å². The van der Waals surface area contributed by atoms with Crippen molar-refractivity contribution in [3.63, 3.8) is 0 Å². The first-order chi connectivity index (χ1) is 14.0. The molecule has 1 saturated heterocycles. The zero-order valence-corrected chi connectivity index (χ0v) is 15.7. The van der Waals surface area contributed by atoms with Crippen LogP contribution in [0.15, 0.2) is 34.2 Å². The summed E-state index contributed by atoms with van der Waals surface area (Å²) in [7, 11) is 1.44. The summed E-state index contributed by atoms with van der Waals surface area (Å²) in [4.78, 5) is 39.7. The second-order valence-electron chi connectivity index (χ2n) is 6.98. The second-order valence-corrected chi connectivity index (χ2v) is 6.98. The van der Waals surface area contributed by atoms with Gasteiger partial charge in [0.15, 0.2) is 5.65 Å². The number of nitriles is 1. The van der Waals surface area contributed by atoms with Gasteiger partial charge in [0.2, 0.25) is 5.95 Å². The average Bonchev–Trinajstić information content (AvgIpc) is 2.74. The number of nitrogens with zero attached hydrogens (tertiary/aromatic N) is 7. The van der Waals surface area contributed by atoms with Crippen LogP contribution >= 0.6 is 0 Å². The van der Waals surface area contributed by atoms with E-state index in [-0.39, 0.29) is 18.0 Å². The van der Waals surface area contributed by atoms with Gasteiger partial charge in [0.05, 0.1) is 24.2 Å². The Kier molecular flexibility index (Phi) is 4.80. The van der Waals surface area contributed by atoms with E-state index in [1.165, 1.54) is 17.7 Å². The summed E-state index contributed by atoms with van der Waals surface area (Å²) in [5.74, 6) is -0.00368. The molecule has 0 saturated carbocycles. The Morgan fingerprint density at radius 2 is 1.83 bits per heavy atom. The molecular formula is C19H18FN7O2. The topological polar surface area (TPSA) is 110 Å². The molecule has 1 fully saturated rings. The average molecular weight is 395 g/mol. The summed E-state index contributed by atoms with van der Waals surface area (Å²) in [5.41, 5.74) is -0.0245. The second kappa shape index (κ2) is 7.43. The minimum atomic E-state index is -0.705. The monoisotopic (exact) mass is 395 g/mol. The molecule has 0 radical (unpaired) electrons. The molecule has 0 aliphatic carbocycles. The number of pyridine rings is 1. The van der Waals surface area contributed by atoms with Gasteiger partial charge in [-0.3, -0.25) is 14.2 Å². The van der Waals surface area contributed by atoms with Gasteiger partial charge in [-0.05, 0) is 12.8 Å². The smallest absolute Gasteiger partial charge is 0.318 e.